The fraction of sp³-hybridized carbons (Fsp3) is 0.556. The van der Waals surface area contributed by atoms with Crippen molar-refractivity contribution < 1.29 is 9.47 Å². The van der Waals surface area contributed by atoms with Gasteiger partial charge >= 0.3 is 0 Å². The zero-order valence-electron chi connectivity index (χ0n) is 13.9. The molecule has 2 N–H and O–H groups in total. The summed E-state index contributed by atoms with van der Waals surface area (Å²) in [6.07, 6.45) is 6.03. The molecule has 2 aliphatic rings. The Labute approximate surface area is 142 Å². The van der Waals surface area contributed by atoms with E-state index in [0.29, 0.717) is 11.9 Å². The Morgan fingerprint density at radius 1 is 1.17 bits per heavy atom. The summed E-state index contributed by atoms with van der Waals surface area (Å²) in [7, 11) is 0. The topological polar surface area (TPSA) is 73.5 Å². The zero-order chi connectivity index (χ0) is 16.4. The summed E-state index contributed by atoms with van der Waals surface area (Å²) in [5, 5.41) is 0.976. The van der Waals surface area contributed by atoms with Gasteiger partial charge in [0.05, 0.1) is 24.1 Å². The van der Waals surface area contributed by atoms with Crippen LogP contribution in [0.3, 0.4) is 0 Å². The number of nitrogens with zero attached hydrogens (tertiary/aromatic N) is 3. The van der Waals surface area contributed by atoms with Gasteiger partial charge in [0.15, 0.2) is 0 Å². The summed E-state index contributed by atoms with van der Waals surface area (Å²) in [5.41, 5.74) is 6.93. The number of fused-ring (bicyclic) bond motifs is 1. The van der Waals surface area contributed by atoms with Crippen molar-refractivity contribution in [1.82, 2.24) is 9.97 Å². The number of pyridine rings is 2. The van der Waals surface area contributed by atoms with Crippen molar-refractivity contribution in [3.8, 4) is 5.88 Å². The highest BCUT2D eigenvalue weighted by Crippen LogP contribution is 2.30. The van der Waals surface area contributed by atoms with Gasteiger partial charge < -0.3 is 20.1 Å². The van der Waals surface area contributed by atoms with Gasteiger partial charge in [-0.05, 0) is 37.8 Å². The van der Waals surface area contributed by atoms with E-state index < -0.39 is 0 Å². The minimum atomic E-state index is 0.195. The van der Waals surface area contributed by atoms with Gasteiger partial charge in [-0.25, -0.2) is 0 Å². The predicted octanol–water partition coefficient (Wildman–Crippen LogP) is 2.12. The maximum absolute atomic E-state index is 6.28. The normalized spacial score (nSPS) is 25.0. The standard InChI is InChI=1S/C18H24N4O2/c19-13-3-5-14(6-4-13)24-18-15-2-1-7-20-16(15)12-17(21-18)22-8-10-23-11-9-22/h1-2,7,12-14H,3-6,8-11,19H2/t13-,14+. The molecule has 3 heterocycles. The highest BCUT2D eigenvalue weighted by Gasteiger charge is 2.22. The lowest BCUT2D eigenvalue weighted by Crippen LogP contribution is -2.37. The average Bonchev–Trinajstić information content (AvgIpc) is 2.64. The monoisotopic (exact) mass is 328 g/mol. The summed E-state index contributed by atoms with van der Waals surface area (Å²) in [4.78, 5) is 11.6. The quantitative estimate of drug-likeness (QED) is 0.930. The molecule has 6 heteroatoms. The Morgan fingerprint density at radius 2 is 1.96 bits per heavy atom. The maximum atomic E-state index is 6.28. The van der Waals surface area contributed by atoms with Crippen LogP contribution in [-0.2, 0) is 4.74 Å². The van der Waals surface area contributed by atoms with Crippen LogP contribution in [0.4, 0.5) is 5.82 Å². The van der Waals surface area contributed by atoms with Crippen LogP contribution < -0.4 is 15.4 Å². The largest absolute Gasteiger partial charge is 0.474 e. The first-order valence-corrected chi connectivity index (χ1v) is 8.80. The smallest absolute Gasteiger partial charge is 0.225 e. The molecule has 2 aromatic heterocycles. The van der Waals surface area contributed by atoms with E-state index in [-0.39, 0.29) is 6.10 Å². The van der Waals surface area contributed by atoms with Crippen LogP contribution in [0.5, 0.6) is 5.88 Å². The van der Waals surface area contributed by atoms with Crippen LogP contribution in [0.2, 0.25) is 0 Å². The van der Waals surface area contributed by atoms with Gasteiger partial charge in [-0.2, -0.15) is 4.98 Å². The minimum Gasteiger partial charge on any atom is -0.474 e. The Morgan fingerprint density at radius 3 is 2.75 bits per heavy atom. The number of aromatic nitrogens is 2. The van der Waals surface area contributed by atoms with Crippen molar-refractivity contribution in [2.24, 2.45) is 5.73 Å². The molecule has 2 aromatic rings. The van der Waals surface area contributed by atoms with Crippen LogP contribution >= 0.6 is 0 Å². The van der Waals surface area contributed by atoms with E-state index in [1.54, 1.807) is 0 Å². The first-order chi connectivity index (χ1) is 11.8. The van der Waals surface area contributed by atoms with Gasteiger partial charge in [0.25, 0.3) is 0 Å². The lowest BCUT2D eigenvalue weighted by Gasteiger charge is -2.29. The summed E-state index contributed by atoms with van der Waals surface area (Å²) < 4.78 is 11.7. The third-order valence-electron chi connectivity index (χ3n) is 4.88. The lowest BCUT2D eigenvalue weighted by atomic mass is 9.94. The second-order valence-electron chi connectivity index (χ2n) is 6.61. The number of ether oxygens (including phenoxy) is 2. The molecule has 2 fully saturated rings. The maximum Gasteiger partial charge on any atom is 0.225 e. The van der Waals surface area contributed by atoms with Crippen LogP contribution in [0.15, 0.2) is 24.4 Å². The molecule has 1 aliphatic carbocycles. The lowest BCUT2D eigenvalue weighted by molar-refractivity contribution is 0.122. The molecule has 0 radical (unpaired) electrons. The molecule has 1 saturated carbocycles. The van der Waals surface area contributed by atoms with Crippen molar-refractivity contribution >= 4 is 16.7 Å². The Balaban J connectivity index is 1.64. The van der Waals surface area contributed by atoms with E-state index in [1.807, 2.05) is 24.4 Å². The van der Waals surface area contributed by atoms with Crippen LogP contribution in [0.1, 0.15) is 25.7 Å². The number of morpholine rings is 1. The molecule has 1 saturated heterocycles. The van der Waals surface area contributed by atoms with E-state index in [4.69, 9.17) is 20.2 Å². The minimum absolute atomic E-state index is 0.195. The summed E-state index contributed by atoms with van der Waals surface area (Å²) in [6.45, 7) is 3.17. The second kappa shape index (κ2) is 6.91. The van der Waals surface area contributed by atoms with Crippen LogP contribution in [0, 0.1) is 0 Å². The van der Waals surface area contributed by atoms with E-state index in [9.17, 15) is 0 Å². The van der Waals surface area contributed by atoms with Crippen molar-refractivity contribution in [2.45, 2.75) is 37.8 Å². The van der Waals surface area contributed by atoms with Crippen molar-refractivity contribution in [3.63, 3.8) is 0 Å². The number of rotatable bonds is 3. The Kier molecular flexibility index (Phi) is 4.49. The third-order valence-corrected chi connectivity index (χ3v) is 4.88. The first-order valence-electron chi connectivity index (χ1n) is 8.80. The first kappa shape index (κ1) is 15.6. The zero-order valence-corrected chi connectivity index (χ0v) is 13.9. The van der Waals surface area contributed by atoms with Crippen molar-refractivity contribution in [1.29, 1.82) is 0 Å². The van der Waals surface area contributed by atoms with Crippen LogP contribution in [0.25, 0.3) is 10.9 Å². The molecule has 128 valence electrons. The summed E-state index contributed by atoms with van der Waals surface area (Å²) in [5.74, 6) is 1.62. The van der Waals surface area contributed by atoms with E-state index in [1.165, 1.54) is 0 Å². The molecular weight excluding hydrogens is 304 g/mol. The molecule has 4 rings (SSSR count). The van der Waals surface area contributed by atoms with Crippen molar-refractivity contribution in [2.75, 3.05) is 31.2 Å². The summed E-state index contributed by atoms with van der Waals surface area (Å²) in [6, 6.07) is 6.32. The fourth-order valence-electron chi connectivity index (χ4n) is 3.44. The SMILES string of the molecule is N[C@H]1CC[C@@H](Oc2nc(N3CCOCC3)cc3ncccc23)CC1. The van der Waals surface area contributed by atoms with Gasteiger partial charge in [-0.15, -0.1) is 0 Å². The van der Waals surface area contributed by atoms with E-state index >= 15 is 0 Å². The highest BCUT2D eigenvalue weighted by atomic mass is 16.5. The molecule has 0 unspecified atom stereocenters. The number of nitrogens with two attached hydrogens (primary N) is 1. The molecule has 0 atom stereocenters. The number of hydrogen-bond acceptors (Lipinski definition) is 6. The van der Waals surface area contributed by atoms with Gasteiger partial charge in [0, 0.05) is 31.4 Å². The van der Waals surface area contributed by atoms with Crippen molar-refractivity contribution in [3.05, 3.63) is 24.4 Å². The summed E-state index contributed by atoms with van der Waals surface area (Å²) >= 11 is 0. The van der Waals surface area contributed by atoms with Gasteiger partial charge in [-0.3, -0.25) is 4.98 Å². The molecule has 0 amide bonds. The molecule has 0 aromatic carbocycles. The molecule has 24 heavy (non-hydrogen) atoms. The number of anilines is 1. The number of hydrogen-bond donors (Lipinski definition) is 1. The molecule has 0 spiro atoms. The van der Waals surface area contributed by atoms with E-state index in [0.717, 1.165) is 68.7 Å². The second-order valence-corrected chi connectivity index (χ2v) is 6.61. The molecular formula is C18H24N4O2. The van der Waals surface area contributed by atoms with E-state index in [2.05, 4.69) is 9.88 Å². The average molecular weight is 328 g/mol. The molecule has 6 nitrogen and oxygen atoms in total. The van der Waals surface area contributed by atoms with Crippen LogP contribution in [-0.4, -0.2) is 48.4 Å². The Bertz CT molecular complexity index is 694. The van der Waals surface area contributed by atoms with Gasteiger partial charge in [0.2, 0.25) is 5.88 Å². The highest BCUT2D eigenvalue weighted by molar-refractivity contribution is 5.85. The molecule has 1 aliphatic heterocycles. The third kappa shape index (κ3) is 3.30. The van der Waals surface area contributed by atoms with Gasteiger partial charge in [-0.1, -0.05) is 0 Å². The Hall–Kier alpha value is -1.92. The fourth-order valence-corrected chi connectivity index (χ4v) is 3.44. The van der Waals surface area contributed by atoms with Gasteiger partial charge in [0.1, 0.15) is 11.9 Å². The predicted molar refractivity (Wildman–Crippen MR) is 93.4 cm³/mol. The molecule has 0 bridgehead atoms.